The first-order valence-corrected chi connectivity index (χ1v) is 6.62. The zero-order valence-corrected chi connectivity index (χ0v) is 12.5. The number of anilines is 3. The summed E-state index contributed by atoms with van der Waals surface area (Å²) in [5.41, 5.74) is 2.02. The van der Waals surface area contributed by atoms with Gasteiger partial charge in [-0.1, -0.05) is 23.2 Å². The molecule has 1 aromatic heterocycles. The Morgan fingerprint density at radius 3 is 2.60 bits per heavy atom. The fraction of sp³-hybridized carbons (Fsp3) is 0.143. The predicted molar refractivity (Wildman–Crippen MR) is 81.8 cm³/mol. The summed E-state index contributed by atoms with van der Waals surface area (Å²) in [6.45, 7) is 0. The highest BCUT2D eigenvalue weighted by Gasteiger charge is 2.17. The van der Waals surface area contributed by atoms with Crippen molar-refractivity contribution >= 4 is 40.4 Å². The fourth-order valence-electron chi connectivity index (χ4n) is 1.80. The fourth-order valence-corrected chi connectivity index (χ4v) is 2.25. The molecule has 0 fully saturated rings. The number of pyridine rings is 1. The first kappa shape index (κ1) is 14.4. The highest BCUT2D eigenvalue weighted by molar-refractivity contribution is 6.36. The Labute approximate surface area is 127 Å². The number of H-pyrrole nitrogens is 1. The lowest BCUT2D eigenvalue weighted by molar-refractivity contribution is -0.360. The first-order chi connectivity index (χ1) is 9.52. The molecule has 2 N–H and O–H groups in total. The molecule has 0 saturated heterocycles. The molecule has 2 aromatic rings. The summed E-state index contributed by atoms with van der Waals surface area (Å²) in [5, 5.41) is 13.5. The van der Waals surface area contributed by atoms with Crippen molar-refractivity contribution in [3.8, 4) is 6.07 Å². The van der Waals surface area contributed by atoms with Crippen molar-refractivity contribution in [2.45, 2.75) is 0 Å². The van der Waals surface area contributed by atoms with Crippen LogP contribution in [0.1, 0.15) is 5.56 Å². The Hall–Kier alpha value is -1.96. The van der Waals surface area contributed by atoms with Crippen LogP contribution in [0.2, 0.25) is 10.0 Å². The van der Waals surface area contributed by atoms with Crippen molar-refractivity contribution in [3.63, 3.8) is 0 Å². The lowest BCUT2D eigenvalue weighted by atomic mass is 10.2. The summed E-state index contributed by atoms with van der Waals surface area (Å²) >= 11 is 12.0. The Morgan fingerprint density at radius 2 is 2.00 bits per heavy atom. The number of hydrogen-bond acceptors (Lipinski definition) is 3. The SMILES string of the molecule is CN(C)c1cc[nH+]c(Nc2ccc(Cl)cc2Cl)c1C#N. The molecule has 0 radical (unpaired) electrons. The van der Waals surface area contributed by atoms with Crippen LogP contribution in [0, 0.1) is 11.3 Å². The molecule has 0 bridgehead atoms. The number of aromatic nitrogens is 1. The summed E-state index contributed by atoms with van der Waals surface area (Å²) in [6, 6.07) is 9.18. The third-order valence-corrected chi connectivity index (χ3v) is 3.31. The zero-order chi connectivity index (χ0) is 14.7. The van der Waals surface area contributed by atoms with Crippen LogP contribution in [0.25, 0.3) is 0 Å². The number of aromatic amines is 1. The minimum atomic E-state index is 0.491. The molecule has 0 saturated carbocycles. The van der Waals surface area contributed by atoms with Crippen LogP contribution in [0.4, 0.5) is 17.2 Å². The molecule has 0 amide bonds. The monoisotopic (exact) mass is 307 g/mol. The lowest BCUT2D eigenvalue weighted by Crippen LogP contribution is -2.17. The molecule has 0 spiro atoms. The van der Waals surface area contributed by atoms with E-state index in [4.69, 9.17) is 23.2 Å². The van der Waals surface area contributed by atoms with Gasteiger partial charge in [0, 0.05) is 25.2 Å². The van der Waals surface area contributed by atoms with E-state index in [9.17, 15) is 5.26 Å². The summed E-state index contributed by atoms with van der Waals surface area (Å²) in [5.74, 6) is 0.586. The van der Waals surface area contributed by atoms with E-state index in [0.29, 0.717) is 27.1 Å². The molecular weight excluding hydrogens is 295 g/mol. The molecular formula is C14H13Cl2N4+. The van der Waals surface area contributed by atoms with Gasteiger partial charge in [-0.25, -0.2) is 10.3 Å². The second kappa shape index (κ2) is 6.00. The van der Waals surface area contributed by atoms with E-state index in [1.807, 2.05) is 25.1 Å². The van der Waals surface area contributed by atoms with E-state index in [0.717, 1.165) is 5.69 Å². The first-order valence-electron chi connectivity index (χ1n) is 5.87. The van der Waals surface area contributed by atoms with Crippen molar-refractivity contribution in [2.75, 3.05) is 24.3 Å². The Balaban J connectivity index is 2.44. The largest absolute Gasteiger partial charge is 0.376 e. The maximum Gasteiger partial charge on any atom is 0.297 e. The molecule has 2 rings (SSSR count). The van der Waals surface area contributed by atoms with Crippen LogP contribution in [0.15, 0.2) is 30.5 Å². The Bertz CT molecular complexity index is 677. The van der Waals surface area contributed by atoms with E-state index in [-0.39, 0.29) is 0 Å². The van der Waals surface area contributed by atoms with Crippen LogP contribution < -0.4 is 15.2 Å². The molecule has 20 heavy (non-hydrogen) atoms. The van der Waals surface area contributed by atoms with Gasteiger partial charge in [0.15, 0.2) is 5.56 Å². The number of benzene rings is 1. The van der Waals surface area contributed by atoms with Gasteiger partial charge in [-0.3, -0.25) is 0 Å². The van der Waals surface area contributed by atoms with Crippen molar-refractivity contribution < 1.29 is 4.98 Å². The van der Waals surface area contributed by atoms with E-state index >= 15 is 0 Å². The Kier molecular flexibility index (Phi) is 4.33. The van der Waals surface area contributed by atoms with E-state index < -0.39 is 0 Å². The average Bonchev–Trinajstić information content (AvgIpc) is 2.41. The molecule has 1 aromatic carbocycles. The third-order valence-electron chi connectivity index (χ3n) is 2.76. The van der Waals surface area contributed by atoms with Crippen LogP contribution >= 0.6 is 23.2 Å². The molecule has 102 valence electrons. The van der Waals surface area contributed by atoms with E-state index in [2.05, 4.69) is 16.4 Å². The van der Waals surface area contributed by atoms with Gasteiger partial charge in [-0.15, -0.1) is 0 Å². The maximum absolute atomic E-state index is 9.35. The van der Waals surface area contributed by atoms with Crippen LogP contribution in [0.5, 0.6) is 0 Å². The zero-order valence-electron chi connectivity index (χ0n) is 11.0. The summed E-state index contributed by atoms with van der Waals surface area (Å²) < 4.78 is 0. The molecule has 6 heteroatoms. The van der Waals surface area contributed by atoms with Crippen molar-refractivity contribution in [1.82, 2.24) is 0 Å². The second-order valence-electron chi connectivity index (χ2n) is 4.37. The molecule has 4 nitrogen and oxygen atoms in total. The molecule has 0 atom stereocenters. The normalized spacial score (nSPS) is 9.95. The van der Waals surface area contributed by atoms with Gasteiger partial charge in [0.05, 0.1) is 16.9 Å². The minimum Gasteiger partial charge on any atom is -0.376 e. The minimum absolute atomic E-state index is 0.491. The van der Waals surface area contributed by atoms with Crippen molar-refractivity contribution in [3.05, 3.63) is 46.1 Å². The average molecular weight is 308 g/mol. The van der Waals surface area contributed by atoms with Gasteiger partial charge >= 0.3 is 0 Å². The number of halogens is 2. The quantitative estimate of drug-likeness (QED) is 0.944. The number of nitrogens with one attached hydrogen (secondary N) is 2. The Morgan fingerprint density at radius 1 is 1.25 bits per heavy atom. The number of nitrogens with zero attached hydrogens (tertiary/aromatic N) is 2. The van der Waals surface area contributed by atoms with Gasteiger partial charge in [0.2, 0.25) is 0 Å². The number of rotatable bonds is 3. The molecule has 1 heterocycles. The third kappa shape index (κ3) is 2.96. The van der Waals surface area contributed by atoms with Crippen molar-refractivity contribution in [1.29, 1.82) is 5.26 Å². The van der Waals surface area contributed by atoms with E-state index in [1.165, 1.54) is 0 Å². The molecule has 0 aliphatic heterocycles. The predicted octanol–water partition coefficient (Wildman–Crippen LogP) is 3.49. The lowest BCUT2D eigenvalue weighted by Gasteiger charge is -2.13. The summed E-state index contributed by atoms with van der Waals surface area (Å²) in [6.07, 6.45) is 1.77. The van der Waals surface area contributed by atoms with Gasteiger partial charge in [0.1, 0.15) is 11.8 Å². The topological polar surface area (TPSA) is 53.2 Å². The van der Waals surface area contributed by atoms with Crippen LogP contribution in [0.3, 0.4) is 0 Å². The standard InChI is InChI=1S/C14H12Cl2N4/c1-20(2)13-5-6-18-14(10(13)8-17)19-12-4-3-9(15)7-11(12)16/h3-7H,1-2H3,(H,18,19)/p+1. The molecule has 0 aliphatic rings. The highest BCUT2D eigenvalue weighted by atomic mass is 35.5. The number of nitriles is 1. The van der Waals surface area contributed by atoms with Gasteiger partial charge in [0.25, 0.3) is 5.82 Å². The van der Waals surface area contributed by atoms with E-state index in [1.54, 1.807) is 24.4 Å². The molecule has 0 unspecified atom stereocenters. The smallest absolute Gasteiger partial charge is 0.297 e. The summed E-state index contributed by atoms with van der Waals surface area (Å²) in [4.78, 5) is 4.90. The van der Waals surface area contributed by atoms with Gasteiger partial charge in [-0.05, 0) is 18.2 Å². The number of hydrogen-bond donors (Lipinski definition) is 1. The summed E-state index contributed by atoms with van der Waals surface area (Å²) in [7, 11) is 3.77. The van der Waals surface area contributed by atoms with Gasteiger partial charge in [-0.2, -0.15) is 5.26 Å². The maximum atomic E-state index is 9.35. The van der Waals surface area contributed by atoms with Crippen LogP contribution in [-0.4, -0.2) is 14.1 Å². The highest BCUT2D eigenvalue weighted by Crippen LogP contribution is 2.29. The molecule has 0 aliphatic carbocycles. The van der Waals surface area contributed by atoms with Crippen LogP contribution in [-0.2, 0) is 0 Å². The second-order valence-corrected chi connectivity index (χ2v) is 5.21. The van der Waals surface area contributed by atoms with Gasteiger partial charge < -0.3 is 4.90 Å². The van der Waals surface area contributed by atoms with Crippen molar-refractivity contribution in [2.24, 2.45) is 0 Å².